The van der Waals surface area contributed by atoms with Crippen molar-refractivity contribution in [3.8, 4) is 5.75 Å². The Hall–Kier alpha value is -3.47. The van der Waals surface area contributed by atoms with Crippen molar-refractivity contribution in [3.05, 3.63) is 94.3 Å². The number of allylic oxidation sites excluding steroid dienone is 1. The number of halogens is 1. The summed E-state index contributed by atoms with van der Waals surface area (Å²) in [5.41, 5.74) is 2.21. The van der Waals surface area contributed by atoms with Crippen molar-refractivity contribution in [2.75, 3.05) is 24.6 Å². The third-order valence-corrected chi connectivity index (χ3v) is 13.3. The fourth-order valence-electron chi connectivity index (χ4n) is 8.06. The van der Waals surface area contributed by atoms with Crippen molar-refractivity contribution < 1.29 is 23.1 Å². The Kier molecular flexibility index (Phi) is 8.33. The molecule has 0 radical (unpaired) electrons. The van der Waals surface area contributed by atoms with E-state index in [4.69, 9.17) is 16.3 Å². The van der Waals surface area contributed by atoms with Crippen molar-refractivity contribution in [1.82, 2.24) is 14.9 Å². The Morgan fingerprint density at radius 3 is 2.74 bits per heavy atom. The molecule has 2 aliphatic carbocycles. The maximum Gasteiger partial charge on any atom is 0.264 e. The normalized spacial score (nSPS) is 32.5. The number of aromatic nitrogens is 2. The van der Waals surface area contributed by atoms with Crippen molar-refractivity contribution in [2.45, 2.75) is 68.6 Å². The molecule has 11 heteroatoms. The maximum absolute atomic E-state index is 13.5. The summed E-state index contributed by atoms with van der Waals surface area (Å²) in [4.78, 5) is 15.8. The molecule has 2 N–H and O–H groups in total. The van der Waals surface area contributed by atoms with Crippen molar-refractivity contribution in [2.24, 2.45) is 17.8 Å². The molecule has 1 saturated carbocycles. The molecule has 2 aromatic carbocycles. The van der Waals surface area contributed by atoms with Gasteiger partial charge in [-0.1, -0.05) is 36.7 Å². The molecule has 2 aliphatic heterocycles. The lowest BCUT2D eigenvalue weighted by Gasteiger charge is -2.48. The van der Waals surface area contributed by atoms with E-state index in [-0.39, 0.29) is 28.7 Å². The average molecular weight is 677 g/mol. The quantitative estimate of drug-likeness (QED) is 0.322. The summed E-state index contributed by atoms with van der Waals surface area (Å²) in [7, 11) is -4.00. The molecule has 6 atom stereocenters. The average Bonchev–Trinajstić information content (AvgIpc) is 3.19. The van der Waals surface area contributed by atoms with Crippen LogP contribution in [0.15, 0.2) is 66.9 Å². The summed E-state index contributed by atoms with van der Waals surface area (Å²) in [6, 6.07) is 14.9. The highest BCUT2D eigenvalue weighted by molar-refractivity contribution is 7.90. The molecule has 3 heterocycles. The lowest BCUT2D eigenvalue weighted by molar-refractivity contribution is -0.0535. The summed E-state index contributed by atoms with van der Waals surface area (Å²) in [5, 5.41) is 20.7. The largest absolute Gasteiger partial charge is 0.490 e. The van der Waals surface area contributed by atoms with E-state index in [0.29, 0.717) is 42.6 Å². The number of hydrogen-bond acceptors (Lipinski definition) is 8. The van der Waals surface area contributed by atoms with Gasteiger partial charge in [-0.25, -0.2) is 13.1 Å². The first kappa shape index (κ1) is 32.1. The Balaban J connectivity index is 1.35. The third kappa shape index (κ3) is 5.82. The fraction of sp³-hybridized carbons (Fsp3) is 0.472. The number of nitrogens with zero attached hydrogens (tertiary/aromatic N) is 3. The Bertz CT molecular complexity index is 1820. The monoisotopic (exact) mass is 676 g/mol. The molecule has 1 spiro atoms. The highest BCUT2D eigenvalue weighted by Crippen LogP contribution is 2.50. The van der Waals surface area contributed by atoms with E-state index in [0.717, 1.165) is 37.8 Å². The number of aryl methyl sites for hydroxylation is 1. The SMILES string of the molecule is C[C@@H]1[C@@H](C)C/C=C\[C@](O)(c2cccnn2)[C@@H]2CC[C@H]2CN2C[C@@]3(CCCc4cc(Cl)ccc43)COc3ccc(cc32)C(=O)NS1(=O)=O. The first-order valence-corrected chi connectivity index (χ1v) is 18.5. The second kappa shape index (κ2) is 12.2. The van der Waals surface area contributed by atoms with E-state index >= 15 is 0 Å². The zero-order chi connectivity index (χ0) is 33.0. The van der Waals surface area contributed by atoms with Gasteiger partial charge in [0.15, 0.2) is 0 Å². The van der Waals surface area contributed by atoms with Crippen molar-refractivity contribution in [1.29, 1.82) is 0 Å². The number of amides is 1. The second-order valence-electron chi connectivity index (χ2n) is 14.0. The number of carbonyl (C=O) groups is 1. The van der Waals surface area contributed by atoms with Crippen molar-refractivity contribution in [3.63, 3.8) is 0 Å². The van der Waals surface area contributed by atoms with Crippen LogP contribution in [0.5, 0.6) is 5.75 Å². The van der Waals surface area contributed by atoms with Crippen molar-refractivity contribution >= 4 is 33.2 Å². The number of benzene rings is 2. The van der Waals surface area contributed by atoms with E-state index in [1.807, 2.05) is 19.1 Å². The van der Waals surface area contributed by atoms with Crippen LogP contribution in [-0.4, -0.2) is 54.6 Å². The van der Waals surface area contributed by atoms with E-state index in [2.05, 4.69) is 32.0 Å². The van der Waals surface area contributed by atoms with Gasteiger partial charge in [0.2, 0.25) is 10.0 Å². The Labute approximate surface area is 281 Å². The van der Waals surface area contributed by atoms with Gasteiger partial charge in [0.1, 0.15) is 11.4 Å². The fourth-order valence-corrected chi connectivity index (χ4v) is 9.54. The predicted octanol–water partition coefficient (Wildman–Crippen LogP) is 5.56. The highest BCUT2D eigenvalue weighted by atomic mass is 35.5. The molecular formula is C36H41ClN4O5S. The molecule has 0 saturated heterocycles. The third-order valence-electron chi connectivity index (χ3n) is 11.1. The van der Waals surface area contributed by atoms with Crippen LogP contribution in [0, 0.1) is 17.8 Å². The number of ether oxygens (including phenoxy) is 1. The number of hydrogen-bond donors (Lipinski definition) is 2. The highest BCUT2D eigenvalue weighted by Gasteiger charge is 2.49. The van der Waals surface area contributed by atoms with Gasteiger partial charge in [-0.2, -0.15) is 10.2 Å². The number of sulfonamides is 1. The number of nitrogens with one attached hydrogen (secondary N) is 1. The van der Waals surface area contributed by atoms with Crippen LogP contribution in [0.3, 0.4) is 0 Å². The standard InChI is InChI=1S/C36H41ClN4O5S/c1-23-6-3-16-36(43,33-8-5-17-38-39-33)30-12-9-27(30)20-41-21-35(15-4-7-25-18-28(37)11-13-29(25)35)22-46-32-14-10-26(19-31(32)41)34(42)40-47(44,45)24(23)2/h3,5,8,10-11,13-14,16-19,23-24,27,30,43H,4,6-7,9,12,15,20-22H2,1-2H3,(H,40,42)/b16-3-/t23-,24+,27-,30+,35-,36+/m0/s1. The zero-order valence-corrected chi connectivity index (χ0v) is 28.3. The van der Waals surface area contributed by atoms with E-state index in [9.17, 15) is 18.3 Å². The molecule has 4 aliphatic rings. The number of rotatable bonds is 1. The summed E-state index contributed by atoms with van der Waals surface area (Å²) >= 11 is 6.43. The van der Waals surface area contributed by atoms with Crippen LogP contribution in [0.1, 0.15) is 73.1 Å². The summed E-state index contributed by atoms with van der Waals surface area (Å²) in [5.74, 6) is -0.388. The Morgan fingerprint density at radius 2 is 1.98 bits per heavy atom. The van der Waals surface area contributed by atoms with Gasteiger partial charge >= 0.3 is 0 Å². The molecule has 1 amide bonds. The second-order valence-corrected chi connectivity index (χ2v) is 16.4. The van der Waals surface area contributed by atoms with Gasteiger partial charge in [0, 0.05) is 41.2 Å². The minimum absolute atomic E-state index is 0.102. The number of fused-ring (bicyclic) bond motifs is 4. The lowest BCUT2D eigenvalue weighted by atomic mass is 9.63. The van der Waals surface area contributed by atoms with Gasteiger partial charge in [0.05, 0.1) is 23.2 Å². The molecule has 248 valence electrons. The first-order chi connectivity index (χ1) is 22.5. The van der Waals surface area contributed by atoms with Crippen LogP contribution in [-0.2, 0) is 27.5 Å². The predicted molar refractivity (Wildman–Crippen MR) is 181 cm³/mol. The molecule has 2 bridgehead atoms. The molecule has 7 rings (SSSR count). The zero-order valence-electron chi connectivity index (χ0n) is 26.7. The minimum atomic E-state index is -4.00. The molecule has 9 nitrogen and oxygen atoms in total. The van der Waals surface area contributed by atoms with E-state index in [1.54, 1.807) is 49.5 Å². The van der Waals surface area contributed by atoms with Gasteiger partial charge < -0.3 is 14.7 Å². The van der Waals surface area contributed by atoms with Crippen LogP contribution in [0.25, 0.3) is 0 Å². The number of anilines is 1. The van der Waals surface area contributed by atoms with Crippen LogP contribution < -0.4 is 14.4 Å². The molecular weight excluding hydrogens is 636 g/mol. The molecule has 47 heavy (non-hydrogen) atoms. The number of aliphatic hydroxyl groups is 1. The van der Waals surface area contributed by atoms with E-state index in [1.165, 1.54) is 11.1 Å². The summed E-state index contributed by atoms with van der Waals surface area (Å²) in [6.07, 6.45) is 10.2. The lowest BCUT2D eigenvalue weighted by Crippen LogP contribution is -2.51. The van der Waals surface area contributed by atoms with Crippen LogP contribution >= 0.6 is 11.6 Å². The molecule has 3 aromatic rings. The first-order valence-electron chi connectivity index (χ1n) is 16.5. The minimum Gasteiger partial charge on any atom is -0.490 e. The smallest absolute Gasteiger partial charge is 0.264 e. The van der Waals surface area contributed by atoms with Gasteiger partial charge in [-0.3, -0.25) is 4.79 Å². The van der Waals surface area contributed by atoms with Crippen LogP contribution in [0.4, 0.5) is 5.69 Å². The van der Waals surface area contributed by atoms with E-state index < -0.39 is 26.8 Å². The van der Waals surface area contributed by atoms with Gasteiger partial charge in [-0.05, 0) is 111 Å². The molecule has 0 unspecified atom stereocenters. The van der Waals surface area contributed by atoms with Gasteiger partial charge in [0.25, 0.3) is 5.91 Å². The maximum atomic E-state index is 13.5. The Morgan fingerprint density at radius 1 is 1.13 bits per heavy atom. The molecule has 1 fully saturated rings. The topological polar surface area (TPSA) is 122 Å². The van der Waals surface area contributed by atoms with Gasteiger partial charge in [-0.15, -0.1) is 0 Å². The van der Waals surface area contributed by atoms with Crippen LogP contribution in [0.2, 0.25) is 5.02 Å². The molecule has 1 aromatic heterocycles. The summed E-state index contributed by atoms with van der Waals surface area (Å²) in [6.45, 7) is 5.14. The summed E-state index contributed by atoms with van der Waals surface area (Å²) < 4.78 is 35.7. The number of carbonyl (C=O) groups excluding carboxylic acids is 1.